The third-order valence-corrected chi connectivity index (χ3v) is 1.74. The molecule has 0 unspecified atom stereocenters. The van der Waals surface area contributed by atoms with E-state index in [1.165, 1.54) is 12.1 Å². The maximum atomic E-state index is 11.2. The maximum absolute atomic E-state index is 11.2. The van der Waals surface area contributed by atoms with Gasteiger partial charge in [-0.15, -0.1) is 0 Å². The fourth-order valence-corrected chi connectivity index (χ4v) is 0.992. The molecule has 1 N–H and O–H groups in total. The normalized spacial score (nSPS) is 9.23. The van der Waals surface area contributed by atoms with E-state index in [0.29, 0.717) is 11.1 Å². The topological polar surface area (TPSA) is 41.7 Å². The average Bonchev–Trinajstić information content (AvgIpc) is 2.10. The van der Waals surface area contributed by atoms with Crippen LogP contribution in [0, 0.1) is 13.5 Å². The van der Waals surface area contributed by atoms with Crippen molar-refractivity contribution in [2.45, 2.75) is 6.92 Å². The summed E-state index contributed by atoms with van der Waals surface area (Å²) >= 11 is 0. The Bertz CT molecular complexity index is 377. The van der Waals surface area contributed by atoms with Crippen LogP contribution in [0.5, 0.6) is 5.75 Å². The molecule has 0 saturated heterocycles. The number of aromatic hydroxyl groups is 1. The van der Waals surface area contributed by atoms with Crippen LogP contribution in [-0.2, 0) is 0 Å². The maximum Gasteiger partial charge on any atom is 0.276 e. The minimum absolute atomic E-state index is 0.135. The van der Waals surface area contributed by atoms with Gasteiger partial charge >= 0.3 is 0 Å². The zero-order valence-electron chi connectivity index (χ0n) is 7.24. The van der Waals surface area contributed by atoms with Crippen LogP contribution in [0.2, 0.25) is 0 Å². The lowest BCUT2D eigenvalue weighted by Gasteiger charge is -1.99. The number of phenols is 1. The SMILES string of the molecule is [C-]#[N+]CC(=O)c1ccc(O)c(C)c1. The molecule has 1 aromatic rings. The van der Waals surface area contributed by atoms with E-state index in [1.54, 1.807) is 13.0 Å². The molecule has 13 heavy (non-hydrogen) atoms. The van der Waals surface area contributed by atoms with Crippen LogP contribution in [0.25, 0.3) is 4.85 Å². The van der Waals surface area contributed by atoms with Crippen LogP contribution in [0.3, 0.4) is 0 Å². The average molecular weight is 175 g/mol. The first-order valence-electron chi connectivity index (χ1n) is 3.81. The number of rotatable bonds is 2. The van der Waals surface area contributed by atoms with E-state index in [4.69, 9.17) is 6.57 Å². The summed E-state index contributed by atoms with van der Waals surface area (Å²) in [6.07, 6.45) is 0. The standard InChI is InChI=1S/C10H9NO2/c1-7-5-8(3-4-9(7)12)10(13)6-11-2/h3-5,12H,6H2,1H3. The van der Waals surface area contributed by atoms with E-state index < -0.39 is 0 Å². The van der Waals surface area contributed by atoms with Gasteiger partial charge in [0, 0.05) is 5.56 Å². The predicted molar refractivity (Wildman–Crippen MR) is 48.6 cm³/mol. The van der Waals surface area contributed by atoms with E-state index in [0.717, 1.165) is 0 Å². The van der Waals surface area contributed by atoms with Gasteiger partial charge in [0.25, 0.3) is 6.54 Å². The molecule has 0 aliphatic carbocycles. The lowest BCUT2D eigenvalue weighted by molar-refractivity contribution is 0.101. The quantitative estimate of drug-likeness (QED) is 0.550. The highest BCUT2D eigenvalue weighted by molar-refractivity contribution is 5.98. The van der Waals surface area contributed by atoms with Gasteiger partial charge in [0.1, 0.15) is 5.75 Å². The minimum Gasteiger partial charge on any atom is -0.508 e. The molecule has 0 aliphatic heterocycles. The molecule has 0 heterocycles. The molecular formula is C10H9NO2. The van der Waals surface area contributed by atoms with Crippen molar-refractivity contribution in [2.75, 3.05) is 6.54 Å². The van der Waals surface area contributed by atoms with Gasteiger partial charge in [-0.1, -0.05) is 0 Å². The van der Waals surface area contributed by atoms with Crippen LogP contribution >= 0.6 is 0 Å². The highest BCUT2D eigenvalue weighted by atomic mass is 16.3. The van der Waals surface area contributed by atoms with E-state index in [-0.39, 0.29) is 18.1 Å². The van der Waals surface area contributed by atoms with E-state index in [1.807, 2.05) is 0 Å². The molecule has 0 bridgehead atoms. The van der Waals surface area contributed by atoms with Crippen LogP contribution in [0.15, 0.2) is 18.2 Å². The van der Waals surface area contributed by atoms with Gasteiger partial charge in [-0.3, -0.25) is 4.79 Å². The van der Waals surface area contributed by atoms with Crippen molar-refractivity contribution >= 4 is 5.78 Å². The summed E-state index contributed by atoms with van der Waals surface area (Å²) in [5.41, 5.74) is 1.13. The summed E-state index contributed by atoms with van der Waals surface area (Å²) in [5.74, 6) is -0.0440. The third-order valence-electron chi connectivity index (χ3n) is 1.74. The summed E-state index contributed by atoms with van der Waals surface area (Å²) in [5, 5.41) is 9.18. The number of aryl methyl sites for hydroxylation is 1. The third kappa shape index (κ3) is 2.06. The van der Waals surface area contributed by atoms with E-state index >= 15 is 0 Å². The molecule has 0 amide bonds. The summed E-state index contributed by atoms with van der Waals surface area (Å²) in [4.78, 5) is 14.2. The summed E-state index contributed by atoms with van der Waals surface area (Å²) in [6, 6.07) is 4.57. The molecule has 0 aromatic heterocycles. The highest BCUT2D eigenvalue weighted by Gasteiger charge is 2.09. The first-order chi connectivity index (χ1) is 6.15. The Balaban J connectivity index is 2.98. The van der Waals surface area contributed by atoms with Crippen LogP contribution < -0.4 is 0 Å². The Labute approximate surface area is 76.4 Å². The second-order valence-electron chi connectivity index (χ2n) is 2.74. The van der Waals surface area contributed by atoms with E-state index in [2.05, 4.69) is 4.85 Å². The number of ketones is 1. The van der Waals surface area contributed by atoms with Crippen molar-refractivity contribution in [3.05, 3.63) is 40.7 Å². The Morgan fingerprint density at radius 2 is 2.31 bits per heavy atom. The fraction of sp³-hybridized carbons (Fsp3) is 0.200. The van der Waals surface area contributed by atoms with Gasteiger partial charge in [-0.2, -0.15) is 0 Å². The van der Waals surface area contributed by atoms with E-state index in [9.17, 15) is 9.90 Å². The number of benzene rings is 1. The van der Waals surface area contributed by atoms with Gasteiger partial charge in [-0.05, 0) is 30.7 Å². The van der Waals surface area contributed by atoms with Crippen molar-refractivity contribution in [3.63, 3.8) is 0 Å². The lowest BCUT2D eigenvalue weighted by Crippen LogP contribution is -2.01. The fourth-order valence-electron chi connectivity index (χ4n) is 0.992. The number of phenolic OH excluding ortho intramolecular Hbond substituents is 1. The predicted octanol–water partition coefficient (Wildman–Crippen LogP) is 1.80. The van der Waals surface area contributed by atoms with Gasteiger partial charge < -0.3 is 9.95 Å². The molecule has 1 rings (SSSR count). The number of hydrogen-bond acceptors (Lipinski definition) is 2. The van der Waals surface area contributed by atoms with Crippen molar-refractivity contribution in [2.24, 2.45) is 0 Å². The van der Waals surface area contributed by atoms with Gasteiger partial charge in [0.15, 0.2) is 0 Å². The van der Waals surface area contributed by atoms with Crippen molar-refractivity contribution in [1.29, 1.82) is 0 Å². The van der Waals surface area contributed by atoms with Crippen LogP contribution in [0.4, 0.5) is 0 Å². The Kier molecular flexibility index (Phi) is 2.65. The Hall–Kier alpha value is -1.82. The molecule has 3 nitrogen and oxygen atoms in total. The molecule has 1 aromatic carbocycles. The first kappa shape index (κ1) is 9.27. The first-order valence-corrected chi connectivity index (χ1v) is 3.81. The number of carbonyl (C=O) groups excluding carboxylic acids is 1. The van der Waals surface area contributed by atoms with Crippen molar-refractivity contribution in [3.8, 4) is 5.75 Å². The number of hydrogen-bond donors (Lipinski definition) is 1. The molecule has 0 spiro atoms. The molecule has 0 saturated carbocycles. The smallest absolute Gasteiger partial charge is 0.276 e. The molecular weight excluding hydrogens is 166 g/mol. The highest BCUT2D eigenvalue weighted by Crippen LogP contribution is 2.17. The zero-order chi connectivity index (χ0) is 9.84. The second kappa shape index (κ2) is 3.72. The second-order valence-corrected chi connectivity index (χ2v) is 2.74. The molecule has 66 valence electrons. The van der Waals surface area contributed by atoms with Crippen molar-refractivity contribution < 1.29 is 9.90 Å². The Morgan fingerprint density at radius 3 is 2.85 bits per heavy atom. The van der Waals surface area contributed by atoms with Crippen molar-refractivity contribution in [1.82, 2.24) is 0 Å². The number of nitrogens with zero attached hydrogens (tertiary/aromatic N) is 1. The number of carbonyl (C=O) groups is 1. The molecule has 0 atom stereocenters. The lowest BCUT2D eigenvalue weighted by atomic mass is 10.1. The largest absolute Gasteiger partial charge is 0.508 e. The van der Waals surface area contributed by atoms with Crippen LogP contribution in [0.1, 0.15) is 15.9 Å². The van der Waals surface area contributed by atoms with Gasteiger partial charge in [-0.25, -0.2) is 6.57 Å². The zero-order valence-corrected chi connectivity index (χ0v) is 7.24. The monoisotopic (exact) mass is 175 g/mol. The van der Waals surface area contributed by atoms with Gasteiger partial charge in [0.2, 0.25) is 5.78 Å². The minimum atomic E-state index is -0.210. The Morgan fingerprint density at radius 1 is 1.62 bits per heavy atom. The number of Topliss-reactive ketones (excluding diaryl/α,β-unsaturated/α-hetero) is 1. The molecule has 3 heteroatoms. The molecule has 0 aliphatic rings. The molecule has 0 fully saturated rings. The molecule has 0 radical (unpaired) electrons. The summed E-state index contributed by atoms with van der Waals surface area (Å²) in [7, 11) is 0. The van der Waals surface area contributed by atoms with Crippen LogP contribution in [-0.4, -0.2) is 17.4 Å². The summed E-state index contributed by atoms with van der Waals surface area (Å²) < 4.78 is 0. The summed E-state index contributed by atoms with van der Waals surface area (Å²) in [6.45, 7) is 8.11. The van der Waals surface area contributed by atoms with Gasteiger partial charge in [0.05, 0.1) is 0 Å².